The van der Waals surface area contributed by atoms with Gasteiger partial charge in [-0.3, -0.25) is 4.79 Å². The van der Waals surface area contributed by atoms with E-state index in [9.17, 15) is 9.18 Å². The van der Waals surface area contributed by atoms with E-state index in [4.69, 9.17) is 4.42 Å². The molecule has 0 aliphatic carbocycles. The Labute approximate surface area is 145 Å². The van der Waals surface area contributed by atoms with Gasteiger partial charge in [-0.1, -0.05) is 12.1 Å². The van der Waals surface area contributed by atoms with Crippen molar-refractivity contribution in [3.8, 4) is 11.3 Å². The Bertz CT molecular complexity index is 812. The number of aryl methyl sites for hydroxylation is 2. The molecule has 0 fully saturated rings. The number of aromatic nitrogens is 2. The summed E-state index contributed by atoms with van der Waals surface area (Å²) < 4.78 is 21.4. The summed E-state index contributed by atoms with van der Waals surface area (Å²) >= 11 is 0. The minimum absolute atomic E-state index is 0.0190. The molecule has 3 rings (SSSR count). The number of imidazole rings is 1. The summed E-state index contributed by atoms with van der Waals surface area (Å²) in [5.74, 6) is 0.814. The zero-order valence-electron chi connectivity index (χ0n) is 13.8. The molecule has 0 saturated heterocycles. The van der Waals surface area contributed by atoms with Crippen molar-refractivity contribution in [2.45, 2.75) is 25.8 Å². The van der Waals surface area contributed by atoms with Crippen LogP contribution in [0.2, 0.25) is 0 Å². The largest absolute Gasteiger partial charge is 0.461 e. The Hall–Kier alpha value is -2.89. The molecule has 130 valence electrons. The van der Waals surface area contributed by atoms with Crippen LogP contribution < -0.4 is 5.32 Å². The van der Waals surface area contributed by atoms with Crippen LogP contribution in [0.15, 0.2) is 59.5 Å². The standard InChI is InChI=1S/C19H20FN3O2/c20-17-5-2-1-4-16(17)18-8-6-15(25-18)7-9-19(24)22-10-3-12-23-13-11-21-14-23/h1-2,4-6,8,11,13-14H,3,7,9-10,12H2,(H,22,24). The van der Waals surface area contributed by atoms with Gasteiger partial charge >= 0.3 is 0 Å². The molecule has 0 bridgehead atoms. The third-order valence-corrected chi connectivity index (χ3v) is 3.87. The molecule has 2 heterocycles. The lowest BCUT2D eigenvalue weighted by atomic mass is 10.1. The first-order valence-electron chi connectivity index (χ1n) is 8.28. The van der Waals surface area contributed by atoms with Crippen LogP contribution in [0.4, 0.5) is 4.39 Å². The van der Waals surface area contributed by atoms with Gasteiger partial charge in [0.2, 0.25) is 5.91 Å². The van der Waals surface area contributed by atoms with E-state index in [1.807, 2.05) is 10.8 Å². The predicted molar refractivity (Wildman–Crippen MR) is 92.3 cm³/mol. The number of hydrogen-bond acceptors (Lipinski definition) is 3. The quantitative estimate of drug-likeness (QED) is 0.639. The van der Waals surface area contributed by atoms with Crippen molar-refractivity contribution in [2.75, 3.05) is 6.54 Å². The Kier molecular flexibility index (Phi) is 5.61. The molecular formula is C19H20FN3O2. The highest BCUT2D eigenvalue weighted by molar-refractivity contribution is 5.76. The fraction of sp³-hybridized carbons (Fsp3) is 0.263. The number of hydrogen-bond donors (Lipinski definition) is 1. The monoisotopic (exact) mass is 341 g/mol. The summed E-state index contributed by atoms with van der Waals surface area (Å²) in [5.41, 5.74) is 0.428. The zero-order valence-corrected chi connectivity index (χ0v) is 13.8. The molecule has 1 amide bonds. The lowest BCUT2D eigenvalue weighted by Crippen LogP contribution is -2.25. The number of nitrogens with zero attached hydrogens (tertiary/aromatic N) is 2. The highest BCUT2D eigenvalue weighted by atomic mass is 19.1. The van der Waals surface area contributed by atoms with E-state index in [-0.39, 0.29) is 11.7 Å². The van der Waals surface area contributed by atoms with Gasteiger partial charge < -0.3 is 14.3 Å². The highest BCUT2D eigenvalue weighted by Gasteiger charge is 2.10. The maximum atomic E-state index is 13.7. The van der Waals surface area contributed by atoms with Gasteiger partial charge in [0.1, 0.15) is 17.3 Å². The summed E-state index contributed by atoms with van der Waals surface area (Å²) in [4.78, 5) is 15.8. The number of carbonyl (C=O) groups is 1. The van der Waals surface area contributed by atoms with E-state index in [1.165, 1.54) is 6.07 Å². The minimum Gasteiger partial charge on any atom is -0.461 e. The van der Waals surface area contributed by atoms with E-state index in [0.717, 1.165) is 13.0 Å². The Morgan fingerprint density at radius 1 is 1.24 bits per heavy atom. The summed E-state index contributed by atoms with van der Waals surface area (Å²) in [6.45, 7) is 1.44. The van der Waals surface area contributed by atoms with Gasteiger partial charge in [-0.2, -0.15) is 0 Å². The maximum absolute atomic E-state index is 13.7. The molecular weight excluding hydrogens is 321 g/mol. The van der Waals surface area contributed by atoms with Crippen LogP contribution >= 0.6 is 0 Å². The minimum atomic E-state index is -0.320. The second-order valence-corrected chi connectivity index (χ2v) is 5.75. The van der Waals surface area contributed by atoms with E-state index < -0.39 is 0 Å². The van der Waals surface area contributed by atoms with Gasteiger partial charge in [0.05, 0.1) is 11.9 Å². The summed E-state index contributed by atoms with van der Waals surface area (Å²) in [5, 5.41) is 2.89. The third-order valence-electron chi connectivity index (χ3n) is 3.87. The van der Waals surface area contributed by atoms with Gasteiger partial charge in [-0.05, 0) is 30.7 Å². The first-order chi connectivity index (χ1) is 12.2. The summed E-state index contributed by atoms with van der Waals surface area (Å²) in [6.07, 6.45) is 7.06. The number of amides is 1. The molecule has 0 saturated carbocycles. The van der Waals surface area contributed by atoms with Gasteiger partial charge in [0.25, 0.3) is 0 Å². The zero-order chi connectivity index (χ0) is 17.5. The molecule has 1 aromatic carbocycles. The summed E-state index contributed by atoms with van der Waals surface area (Å²) in [7, 11) is 0. The van der Waals surface area contributed by atoms with Gasteiger partial charge in [-0.25, -0.2) is 9.37 Å². The second kappa shape index (κ2) is 8.28. The first-order valence-corrected chi connectivity index (χ1v) is 8.28. The van der Waals surface area contributed by atoms with Crippen LogP contribution in [0, 0.1) is 5.82 Å². The lowest BCUT2D eigenvalue weighted by Gasteiger charge is -2.05. The van der Waals surface area contributed by atoms with Crippen molar-refractivity contribution in [3.63, 3.8) is 0 Å². The van der Waals surface area contributed by atoms with Gasteiger partial charge in [-0.15, -0.1) is 0 Å². The van der Waals surface area contributed by atoms with Crippen LogP contribution in [0.25, 0.3) is 11.3 Å². The number of benzene rings is 1. The van der Waals surface area contributed by atoms with E-state index in [2.05, 4.69) is 10.3 Å². The lowest BCUT2D eigenvalue weighted by molar-refractivity contribution is -0.121. The van der Waals surface area contributed by atoms with E-state index in [0.29, 0.717) is 36.5 Å². The molecule has 0 atom stereocenters. The topological polar surface area (TPSA) is 60.1 Å². The Balaban J connectivity index is 1.41. The maximum Gasteiger partial charge on any atom is 0.220 e. The fourth-order valence-corrected chi connectivity index (χ4v) is 2.55. The van der Waals surface area contributed by atoms with Crippen LogP contribution in [0.3, 0.4) is 0 Å². The van der Waals surface area contributed by atoms with Crippen LogP contribution in [-0.2, 0) is 17.8 Å². The van der Waals surface area contributed by atoms with Crippen molar-refractivity contribution >= 4 is 5.91 Å². The SMILES string of the molecule is O=C(CCc1ccc(-c2ccccc2F)o1)NCCCn1ccnc1. The number of halogens is 1. The number of rotatable bonds is 8. The Morgan fingerprint density at radius 3 is 2.92 bits per heavy atom. The van der Waals surface area contributed by atoms with Crippen molar-refractivity contribution in [1.29, 1.82) is 0 Å². The molecule has 0 aliphatic rings. The fourth-order valence-electron chi connectivity index (χ4n) is 2.55. The average molecular weight is 341 g/mol. The molecule has 25 heavy (non-hydrogen) atoms. The molecule has 0 radical (unpaired) electrons. The van der Waals surface area contributed by atoms with Gasteiger partial charge in [0, 0.05) is 38.3 Å². The van der Waals surface area contributed by atoms with Crippen molar-refractivity contribution < 1.29 is 13.6 Å². The van der Waals surface area contributed by atoms with Crippen molar-refractivity contribution in [3.05, 3.63) is 66.7 Å². The van der Waals surface area contributed by atoms with E-state index >= 15 is 0 Å². The number of carbonyl (C=O) groups excluding carboxylic acids is 1. The predicted octanol–water partition coefficient (Wildman–Crippen LogP) is 3.42. The molecule has 0 aliphatic heterocycles. The molecule has 0 spiro atoms. The first kappa shape index (κ1) is 17.0. The molecule has 2 aromatic heterocycles. The van der Waals surface area contributed by atoms with Crippen LogP contribution in [0.1, 0.15) is 18.6 Å². The smallest absolute Gasteiger partial charge is 0.220 e. The highest BCUT2D eigenvalue weighted by Crippen LogP contribution is 2.25. The molecule has 5 nitrogen and oxygen atoms in total. The number of nitrogens with one attached hydrogen (secondary N) is 1. The van der Waals surface area contributed by atoms with Crippen molar-refractivity contribution in [1.82, 2.24) is 14.9 Å². The molecule has 3 aromatic rings. The summed E-state index contributed by atoms with van der Waals surface area (Å²) in [6, 6.07) is 9.99. The normalized spacial score (nSPS) is 10.8. The van der Waals surface area contributed by atoms with E-state index in [1.54, 1.807) is 42.9 Å². The second-order valence-electron chi connectivity index (χ2n) is 5.75. The van der Waals surface area contributed by atoms with Crippen molar-refractivity contribution in [2.24, 2.45) is 0 Å². The molecule has 6 heteroatoms. The number of furan rings is 1. The van der Waals surface area contributed by atoms with Crippen LogP contribution in [0.5, 0.6) is 0 Å². The third kappa shape index (κ3) is 4.79. The Morgan fingerprint density at radius 2 is 2.12 bits per heavy atom. The van der Waals surface area contributed by atoms with Gasteiger partial charge in [0.15, 0.2) is 0 Å². The molecule has 0 unspecified atom stereocenters. The molecule has 1 N–H and O–H groups in total. The average Bonchev–Trinajstić information content (AvgIpc) is 3.29. The van der Waals surface area contributed by atoms with Crippen LogP contribution in [-0.4, -0.2) is 22.0 Å².